The second kappa shape index (κ2) is 9.26. The van der Waals surface area contributed by atoms with Gasteiger partial charge < -0.3 is 20.7 Å². The fraction of sp³-hybridized carbons (Fsp3) is 0.364. The number of nitrogen functional groups attached to an aromatic ring is 1. The van der Waals surface area contributed by atoms with Crippen molar-refractivity contribution in [3.05, 3.63) is 54.1 Å². The summed E-state index contributed by atoms with van der Waals surface area (Å²) in [4.78, 5) is 26.8. The van der Waals surface area contributed by atoms with Crippen molar-refractivity contribution in [2.75, 3.05) is 31.2 Å². The van der Waals surface area contributed by atoms with Crippen molar-refractivity contribution in [2.45, 2.75) is 25.7 Å². The van der Waals surface area contributed by atoms with E-state index in [-0.39, 0.29) is 17.7 Å². The first-order valence-electron chi connectivity index (χ1n) is 9.63. The lowest BCUT2D eigenvalue weighted by Gasteiger charge is -2.31. The predicted molar refractivity (Wildman–Crippen MR) is 110 cm³/mol. The fourth-order valence-corrected chi connectivity index (χ4v) is 3.50. The second-order valence-corrected chi connectivity index (χ2v) is 7.09. The highest BCUT2D eigenvalue weighted by Crippen LogP contribution is 2.26. The second-order valence-electron chi connectivity index (χ2n) is 7.09. The largest absolute Gasteiger partial charge is 0.495 e. The van der Waals surface area contributed by atoms with Gasteiger partial charge in [0, 0.05) is 31.1 Å². The summed E-state index contributed by atoms with van der Waals surface area (Å²) in [5.74, 6) is 0.619. The van der Waals surface area contributed by atoms with E-state index in [2.05, 4.69) is 5.32 Å². The number of ether oxygens (including phenoxy) is 1. The molecule has 1 heterocycles. The number of likely N-dealkylation sites (tertiary alicyclic amines) is 1. The van der Waals surface area contributed by atoms with Crippen molar-refractivity contribution >= 4 is 23.2 Å². The van der Waals surface area contributed by atoms with Crippen molar-refractivity contribution in [1.29, 1.82) is 0 Å². The number of anilines is 2. The van der Waals surface area contributed by atoms with Gasteiger partial charge in [-0.25, -0.2) is 0 Å². The van der Waals surface area contributed by atoms with Gasteiger partial charge in [-0.1, -0.05) is 30.3 Å². The summed E-state index contributed by atoms with van der Waals surface area (Å²) in [6, 6.07) is 15.2. The molecule has 1 aliphatic rings. The minimum atomic E-state index is -0.0958. The number of nitrogens with zero attached hydrogens (tertiary/aromatic N) is 1. The Morgan fingerprint density at radius 1 is 1.14 bits per heavy atom. The standard InChI is InChI=1S/C22H27N3O3/c1-28-20-9-8-18(15-19(20)23)24-22(27)17-11-13-25(14-12-17)21(26)10-7-16-5-3-2-4-6-16/h2-6,8-9,15,17H,7,10-14,23H2,1H3,(H,24,27). The van der Waals surface area contributed by atoms with E-state index in [1.54, 1.807) is 25.3 Å². The molecule has 2 aromatic carbocycles. The lowest BCUT2D eigenvalue weighted by atomic mass is 9.95. The molecule has 3 rings (SSSR count). The Balaban J connectivity index is 1.45. The highest BCUT2D eigenvalue weighted by molar-refractivity contribution is 5.93. The van der Waals surface area contributed by atoms with Crippen LogP contribution in [-0.2, 0) is 16.0 Å². The van der Waals surface area contributed by atoms with Crippen LogP contribution in [0.1, 0.15) is 24.8 Å². The molecule has 0 aromatic heterocycles. The molecule has 2 amide bonds. The van der Waals surface area contributed by atoms with Crippen LogP contribution in [0, 0.1) is 5.92 Å². The number of aryl methyl sites for hydroxylation is 1. The third kappa shape index (κ3) is 5.03. The van der Waals surface area contributed by atoms with E-state index in [4.69, 9.17) is 10.5 Å². The molecule has 1 aliphatic heterocycles. The summed E-state index contributed by atoms with van der Waals surface area (Å²) in [5.41, 5.74) is 8.20. The van der Waals surface area contributed by atoms with E-state index in [1.165, 1.54) is 5.56 Å². The Kier molecular flexibility index (Phi) is 6.53. The number of benzene rings is 2. The van der Waals surface area contributed by atoms with Gasteiger partial charge in [0.15, 0.2) is 0 Å². The molecule has 0 unspecified atom stereocenters. The molecule has 6 nitrogen and oxygen atoms in total. The Morgan fingerprint density at radius 2 is 1.86 bits per heavy atom. The van der Waals surface area contributed by atoms with Gasteiger partial charge in [-0.3, -0.25) is 9.59 Å². The first kappa shape index (κ1) is 19.7. The molecule has 6 heteroatoms. The van der Waals surface area contributed by atoms with Crippen LogP contribution >= 0.6 is 0 Å². The molecule has 0 saturated carbocycles. The lowest BCUT2D eigenvalue weighted by Crippen LogP contribution is -2.41. The van der Waals surface area contributed by atoms with Crippen LogP contribution in [0.5, 0.6) is 5.75 Å². The molecule has 0 radical (unpaired) electrons. The molecule has 3 N–H and O–H groups in total. The number of carbonyl (C=O) groups excluding carboxylic acids is 2. The zero-order valence-corrected chi connectivity index (χ0v) is 16.2. The van der Waals surface area contributed by atoms with E-state index in [0.29, 0.717) is 49.5 Å². The zero-order chi connectivity index (χ0) is 19.9. The predicted octanol–water partition coefficient (Wildman–Crippen LogP) is 3.09. The number of nitrogens with two attached hydrogens (primary N) is 1. The Morgan fingerprint density at radius 3 is 2.50 bits per heavy atom. The van der Waals surface area contributed by atoms with Crippen LogP contribution in [-0.4, -0.2) is 36.9 Å². The number of nitrogens with one attached hydrogen (secondary N) is 1. The van der Waals surface area contributed by atoms with Crippen LogP contribution in [0.2, 0.25) is 0 Å². The molecule has 28 heavy (non-hydrogen) atoms. The van der Waals surface area contributed by atoms with Gasteiger partial charge in [0.2, 0.25) is 11.8 Å². The van der Waals surface area contributed by atoms with Crippen LogP contribution in [0.3, 0.4) is 0 Å². The third-order valence-corrected chi connectivity index (χ3v) is 5.19. The maximum atomic E-state index is 12.5. The van der Waals surface area contributed by atoms with Crippen LogP contribution in [0.25, 0.3) is 0 Å². The maximum Gasteiger partial charge on any atom is 0.227 e. The topological polar surface area (TPSA) is 84.7 Å². The van der Waals surface area contributed by atoms with Crippen molar-refractivity contribution in [3.8, 4) is 5.75 Å². The van der Waals surface area contributed by atoms with E-state index < -0.39 is 0 Å². The Bertz CT molecular complexity index is 815. The third-order valence-electron chi connectivity index (χ3n) is 5.19. The van der Waals surface area contributed by atoms with Crippen LogP contribution < -0.4 is 15.8 Å². The fourth-order valence-electron chi connectivity index (χ4n) is 3.50. The van der Waals surface area contributed by atoms with Crippen molar-refractivity contribution in [2.24, 2.45) is 5.92 Å². The maximum absolute atomic E-state index is 12.5. The minimum Gasteiger partial charge on any atom is -0.495 e. The summed E-state index contributed by atoms with van der Waals surface area (Å²) < 4.78 is 5.13. The number of methoxy groups -OCH3 is 1. The first-order valence-corrected chi connectivity index (χ1v) is 9.63. The van der Waals surface area contributed by atoms with Gasteiger partial charge in [-0.15, -0.1) is 0 Å². The summed E-state index contributed by atoms with van der Waals surface area (Å²) >= 11 is 0. The molecule has 0 atom stereocenters. The minimum absolute atomic E-state index is 0.0269. The first-order chi connectivity index (χ1) is 13.6. The lowest BCUT2D eigenvalue weighted by molar-refractivity contribution is -0.134. The summed E-state index contributed by atoms with van der Waals surface area (Å²) in [6.45, 7) is 1.24. The Hall–Kier alpha value is -3.02. The molecule has 1 saturated heterocycles. The number of rotatable bonds is 6. The van der Waals surface area contributed by atoms with Crippen molar-refractivity contribution in [3.63, 3.8) is 0 Å². The van der Waals surface area contributed by atoms with E-state index in [9.17, 15) is 9.59 Å². The summed E-state index contributed by atoms with van der Waals surface area (Å²) in [6.07, 6.45) is 2.61. The summed E-state index contributed by atoms with van der Waals surface area (Å²) in [5, 5.41) is 2.92. The van der Waals surface area contributed by atoms with E-state index in [1.807, 2.05) is 35.2 Å². The van der Waals surface area contributed by atoms with Gasteiger partial charge in [0.05, 0.1) is 12.8 Å². The smallest absolute Gasteiger partial charge is 0.227 e. The van der Waals surface area contributed by atoms with Gasteiger partial charge in [-0.05, 0) is 43.0 Å². The summed E-state index contributed by atoms with van der Waals surface area (Å²) in [7, 11) is 1.55. The quantitative estimate of drug-likeness (QED) is 0.753. The van der Waals surface area contributed by atoms with E-state index in [0.717, 1.165) is 6.42 Å². The molecular formula is C22H27N3O3. The molecule has 0 aliphatic carbocycles. The van der Waals surface area contributed by atoms with Crippen molar-refractivity contribution in [1.82, 2.24) is 4.90 Å². The van der Waals surface area contributed by atoms with Crippen LogP contribution in [0.4, 0.5) is 11.4 Å². The molecule has 0 bridgehead atoms. The normalized spacial score (nSPS) is 14.5. The SMILES string of the molecule is COc1ccc(NC(=O)C2CCN(C(=O)CCc3ccccc3)CC2)cc1N. The molecule has 1 fully saturated rings. The monoisotopic (exact) mass is 381 g/mol. The van der Waals surface area contributed by atoms with E-state index >= 15 is 0 Å². The number of hydrogen-bond acceptors (Lipinski definition) is 4. The average molecular weight is 381 g/mol. The molecule has 0 spiro atoms. The van der Waals surface area contributed by atoms with Crippen molar-refractivity contribution < 1.29 is 14.3 Å². The van der Waals surface area contributed by atoms with Crippen LogP contribution in [0.15, 0.2) is 48.5 Å². The average Bonchev–Trinajstić information content (AvgIpc) is 2.73. The molecule has 148 valence electrons. The van der Waals surface area contributed by atoms with Gasteiger partial charge in [-0.2, -0.15) is 0 Å². The Labute approximate surface area is 165 Å². The highest BCUT2D eigenvalue weighted by Gasteiger charge is 2.27. The van der Waals surface area contributed by atoms with Gasteiger partial charge in [0.25, 0.3) is 0 Å². The van der Waals surface area contributed by atoms with Gasteiger partial charge >= 0.3 is 0 Å². The number of hydrogen-bond donors (Lipinski definition) is 2. The zero-order valence-electron chi connectivity index (χ0n) is 16.2. The number of carbonyl (C=O) groups is 2. The number of piperidine rings is 1. The highest BCUT2D eigenvalue weighted by atomic mass is 16.5. The van der Waals surface area contributed by atoms with Gasteiger partial charge in [0.1, 0.15) is 5.75 Å². The number of amides is 2. The molecule has 2 aromatic rings. The molecular weight excluding hydrogens is 354 g/mol.